The van der Waals surface area contributed by atoms with Crippen molar-refractivity contribution in [2.75, 3.05) is 28.4 Å². The largest absolute Gasteiger partial charge is 0.494 e. The summed E-state index contributed by atoms with van der Waals surface area (Å²) in [7, 11) is 6.14. The fourth-order valence-electron chi connectivity index (χ4n) is 1.69. The number of aromatic nitrogens is 2. The van der Waals surface area contributed by atoms with Crippen LogP contribution in [0.4, 0.5) is 11.6 Å². The van der Waals surface area contributed by atoms with Crippen LogP contribution in [0.25, 0.3) is 0 Å². The van der Waals surface area contributed by atoms with Crippen LogP contribution in [0.3, 0.4) is 0 Å². The predicted octanol–water partition coefficient (Wildman–Crippen LogP) is 2.93. The molecule has 0 saturated carbocycles. The van der Waals surface area contributed by atoms with E-state index in [1.807, 2.05) is 0 Å². The second-order valence-corrected chi connectivity index (χ2v) is 4.01. The molecule has 0 aliphatic carbocycles. The molecule has 0 aliphatic rings. The molecule has 116 valence electrons. The molecule has 2 aromatic rings. The Labute approximate surface area is 127 Å². The van der Waals surface area contributed by atoms with E-state index in [0.717, 1.165) is 0 Å². The number of benzene rings is 1. The molecule has 0 radical (unpaired) electrons. The van der Waals surface area contributed by atoms with Crippen molar-refractivity contribution < 1.29 is 18.9 Å². The highest BCUT2D eigenvalue weighted by atomic mass is 16.5. The Bertz CT molecular complexity index is 633. The molecule has 0 amide bonds. The first-order chi connectivity index (χ1) is 10.7. The summed E-state index contributed by atoms with van der Waals surface area (Å²) in [6.07, 6.45) is 3.02. The van der Waals surface area contributed by atoms with Crippen LogP contribution in [0.15, 0.2) is 34.8 Å². The molecule has 0 spiro atoms. The molecule has 8 heteroatoms. The van der Waals surface area contributed by atoms with Crippen LogP contribution < -0.4 is 18.9 Å². The molecule has 1 heterocycles. The lowest BCUT2D eigenvalue weighted by atomic mass is 10.2. The molecule has 1 aromatic carbocycles. The number of hydrogen-bond donors (Lipinski definition) is 0. The van der Waals surface area contributed by atoms with Crippen molar-refractivity contribution in [1.29, 1.82) is 0 Å². The summed E-state index contributed by atoms with van der Waals surface area (Å²) in [4.78, 5) is 8.00. The minimum Gasteiger partial charge on any atom is -0.494 e. The van der Waals surface area contributed by atoms with Gasteiger partial charge in [-0.25, -0.2) is 9.97 Å². The van der Waals surface area contributed by atoms with Gasteiger partial charge in [-0.3, -0.25) is 0 Å². The first-order valence-corrected chi connectivity index (χ1v) is 6.29. The van der Waals surface area contributed by atoms with E-state index < -0.39 is 0 Å². The molecule has 1 aromatic heterocycles. The van der Waals surface area contributed by atoms with Crippen LogP contribution in [-0.2, 0) is 0 Å². The Hall–Kier alpha value is -2.90. The van der Waals surface area contributed by atoms with E-state index in [2.05, 4.69) is 20.2 Å². The molecule has 0 saturated heterocycles. The first kappa shape index (κ1) is 15.5. The lowest BCUT2D eigenvalue weighted by Gasteiger charge is -2.12. The fraction of sp³-hybridized carbons (Fsp3) is 0.286. The molecule has 2 rings (SSSR count). The molecule has 0 bridgehead atoms. The summed E-state index contributed by atoms with van der Waals surface area (Å²) in [5.74, 6) is 2.24. The normalized spacial score (nSPS) is 10.5. The quantitative estimate of drug-likeness (QED) is 0.762. The Morgan fingerprint density at radius 3 is 1.82 bits per heavy atom. The molecular weight excluding hydrogens is 288 g/mol. The Morgan fingerprint density at radius 2 is 1.36 bits per heavy atom. The second-order valence-electron chi connectivity index (χ2n) is 4.01. The molecule has 22 heavy (non-hydrogen) atoms. The van der Waals surface area contributed by atoms with Gasteiger partial charge in [-0.15, -0.1) is 10.2 Å². The van der Waals surface area contributed by atoms with E-state index >= 15 is 0 Å². The lowest BCUT2D eigenvalue weighted by molar-refractivity contribution is 0.324. The monoisotopic (exact) mass is 304 g/mol. The summed E-state index contributed by atoms with van der Waals surface area (Å²) in [5.41, 5.74) is 0.522. The van der Waals surface area contributed by atoms with E-state index in [1.54, 1.807) is 12.1 Å². The molecular formula is C14H16N4O4. The van der Waals surface area contributed by atoms with Crippen molar-refractivity contribution in [3.8, 4) is 23.0 Å². The maximum Gasteiger partial charge on any atom is 0.269 e. The standard InChI is InChI=1S/C14H16N4O4/c1-19-10-7-15-14(16-8-10)18-17-9-5-11(20-2)13(22-4)12(6-9)21-3/h5-8H,1-4H3/b18-17+. The average Bonchev–Trinajstić information content (AvgIpc) is 2.59. The molecule has 8 nitrogen and oxygen atoms in total. The van der Waals surface area contributed by atoms with Crippen molar-refractivity contribution in [2.45, 2.75) is 0 Å². The van der Waals surface area contributed by atoms with Gasteiger partial charge in [0, 0.05) is 12.1 Å². The zero-order chi connectivity index (χ0) is 15.9. The number of nitrogens with zero attached hydrogens (tertiary/aromatic N) is 4. The van der Waals surface area contributed by atoms with Gasteiger partial charge in [0.1, 0.15) is 0 Å². The summed E-state index contributed by atoms with van der Waals surface area (Å²) >= 11 is 0. The van der Waals surface area contributed by atoms with Gasteiger partial charge in [0.15, 0.2) is 17.2 Å². The van der Waals surface area contributed by atoms with Gasteiger partial charge >= 0.3 is 0 Å². The van der Waals surface area contributed by atoms with E-state index in [9.17, 15) is 0 Å². The highest BCUT2D eigenvalue weighted by molar-refractivity contribution is 5.60. The van der Waals surface area contributed by atoms with E-state index in [4.69, 9.17) is 18.9 Å². The van der Waals surface area contributed by atoms with Gasteiger partial charge in [-0.05, 0) is 0 Å². The second kappa shape index (κ2) is 7.21. The Morgan fingerprint density at radius 1 is 0.773 bits per heavy atom. The summed E-state index contributed by atoms with van der Waals surface area (Å²) in [6, 6.07) is 3.35. The van der Waals surface area contributed by atoms with Crippen LogP contribution in [0.1, 0.15) is 0 Å². The third-order valence-electron chi connectivity index (χ3n) is 2.75. The minimum atomic E-state index is 0.217. The molecule has 0 unspecified atom stereocenters. The van der Waals surface area contributed by atoms with Crippen molar-refractivity contribution in [2.24, 2.45) is 10.2 Å². The summed E-state index contributed by atoms with van der Waals surface area (Å²) < 4.78 is 20.7. The summed E-state index contributed by atoms with van der Waals surface area (Å²) in [5, 5.41) is 8.02. The third-order valence-corrected chi connectivity index (χ3v) is 2.75. The lowest BCUT2D eigenvalue weighted by Crippen LogP contribution is -1.94. The van der Waals surface area contributed by atoms with Gasteiger partial charge in [-0.1, -0.05) is 0 Å². The highest BCUT2D eigenvalue weighted by Gasteiger charge is 2.13. The maximum absolute atomic E-state index is 5.25. The van der Waals surface area contributed by atoms with Crippen LogP contribution in [0.5, 0.6) is 23.0 Å². The van der Waals surface area contributed by atoms with Crippen molar-refractivity contribution in [1.82, 2.24) is 9.97 Å². The number of hydrogen-bond acceptors (Lipinski definition) is 8. The molecule has 0 fully saturated rings. The predicted molar refractivity (Wildman–Crippen MR) is 78.9 cm³/mol. The number of ether oxygens (including phenoxy) is 4. The maximum atomic E-state index is 5.25. The van der Waals surface area contributed by atoms with Gasteiger partial charge in [-0.2, -0.15) is 0 Å². The molecule has 0 atom stereocenters. The molecule has 0 aliphatic heterocycles. The SMILES string of the molecule is COc1cnc(/N=N/c2cc(OC)c(OC)c(OC)c2)nc1. The van der Waals surface area contributed by atoms with Crippen LogP contribution in [0, 0.1) is 0 Å². The Kier molecular flexibility index (Phi) is 5.07. The average molecular weight is 304 g/mol. The minimum absolute atomic E-state index is 0.217. The number of rotatable bonds is 6. The van der Waals surface area contributed by atoms with Gasteiger partial charge in [0.05, 0.1) is 46.5 Å². The number of azo groups is 1. The summed E-state index contributed by atoms with van der Waals surface area (Å²) in [6.45, 7) is 0. The van der Waals surface area contributed by atoms with E-state index in [-0.39, 0.29) is 5.95 Å². The first-order valence-electron chi connectivity index (χ1n) is 6.29. The van der Waals surface area contributed by atoms with E-state index in [1.165, 1.54) is 40.8 Å². The van der Waals surface area contributed by atoms with Crippen LogP contribution in [-0.4, -0.2) is 38.4 Å². The van der Waals surface area contributed by atoms with E-state index in [0.29, 0.717) is 28.7 Å². The van der Waals surface area contributed by atoms with Crippen molar-refractivity contribution >= 4 is 11.6 Å². The smallest absolute Gasteiger partial charge is 0.269 e. The number of methoxy groups -OCH3 is 4. The molecule has 0 N–H and O–H groups in total. The zero-order valence-electron chi connectivity index (χ0n) is 12.7. The van der Waals surface area contributed by atoms with Crippen molar-refractivity contribution in [3.05, 3.63) is 24.5 Å². The fourth-order valence-corrected chi connectivity index (χ4v) is 1.69. The Balaban J connectivity index is 2.29. The van der Waals surface area contributed by atoms with Gasteiger partial charge < -0.3 is 18.9 Å². The van der Waals surface area contributed by atoms with Crippen molar-refractivity contribution in [3.63, 3.8) is 0 Å². The van der Waals surface area contributed by atoms with Gasteiger partial charge in [0.2, 0.25) is 5.75 Å². The zero-order valence-corrected chi connectivity index (χ0v) is 12.7. The topological polar surface area (TPSA) is 87.4 Å². The highest BCUT2D eigenvalue weighted by Crippen LogP contribution is 2.41. The van der Waals surface area contributed by atoms with Gasteiger partial charge in [0.25, 0.3) is 5.95 Å². The van der Waals surface area contributed by atoms with Crippen LogP contribution >= 0.6 is 0 Å². The van der Waals surface area contributed by atoms with Crippen LogP contribution in [0.2, 0.25) is 0 Å². The third kappa shape index (κ3) is 3.40.